The maximum atomic E-state index is 13.0. The molecular weight excluding hydrogens is 343 g/mol. The highest BCUT2D eigenvalue weighted by Crippen LogP contribution is 2.18. The van der Waals surface area contributed by atoms with E-state index < -0.39 is 25.7 Å². The summed E-state index contributed by atoms with van der Waals surface area (Å²) < 4.78 is 61.9. The van der Waals surface area contributed by atoms with Crippen molar-refractivity contribution in [1.82, 2.24) is 9.21 Å². The van der Waals surface area contributed by atoms with Crippen LogP contribution in [0.25, 0.3) is 0 Å². The molecule has 1 saturated heterocycles. The van der Waals surface area contributed by atoms with Crippen LogP contribution in [0.4, 0.5) is 4.39 Å². The Bertz CT molecular complexity index is 733. The van der Waals surface area contributed by atoms with Crippen LogP contribution in [0.1, 0.15) is 6.42 Å². The Kier molecular flexibility index (Phi) is 5.77. The molecule has 23 heavy (non-hydrogen) atoms. The fourth-order valence-corrected chi connectivity index (χ4v) is 4.52. The Morgan fingerprint density at radius 1 is 1.00 bits per heavy atom. The molecule has 1 aliphatic rings. The van der Waals surface area contributed by atoms with Gasteiger partial charge in [-0.05, 0) is 37.2 Å². The number of sulfone groups is 1. The molecule has 130 valence electrons. The van der Waals surface area contributed by atoms with E-state index in [4.69, 9.17) is 0 Å². The highest BCUT2D eigenvalue weighted by atomic mass is 32.2. The molecular formula is C14H21FN2O4S2. The number of hydrogen-bond donors (Lipinski definition) is 0. The molecule has 1 aromatic carbocycles. The fraction of sp³-hybridized carbons (Fsp3) is 0.571. The highest BCUT2D eigenvalue weighted by molar-refractivity contribution is 7.90. The van der Waals surface area contributed by atoms with Crippen molar-refractivity contribution in [3.63, 3.8) is 0 Å². The van der Waals surface area contributed by atoms with E-state index in [0.29, 0.717) is 39.1 Å². The zero-order valence-corrected chi connectivity index (χ0v) is 14.6. The molecule has 1 heterocycles. The third-order valence-electron chi connectivity index (χ3n) is 3.78. The molecule has 0 amide bonds. The molecule has 0 bridgehead atoms. The Hall–Kier alpha value is -1.03. The van der Waals surface area contributed by atoms with Crippen molar-refractivity contribution in [3.05, 3.63) is 30.1 Å². The van der Waals surface area contributed by atoms with Crippen molar-refractivity contribution >= 4 is 19.9 Å². The molecule has 1 aliphatic heterocycles. The van der Waals surface area contributed by atoms with Crippen molar-refractivity contribution in [3.8, 4) is 0 Å². The predicted octanol–water partition coefficient (Wildman–Crippen LogP) is 0.567. The van der Waals surface area contributed by atoms with Gasteiger partial charge in [0.25, 0.3) is 0 Å². The van der Waals surface area contributed by atoms with Crippen molar-refractivity contribution < 1.29 is 21.2 Å². The van der Waals surface area contributed by atoms with Gasteiger partial charge in [0.05, 0.1) is 10.6 Å². The maximum Gasteiger partial charge on any atom is 0.243 e. The summed E-state index contributed by atoms with van der Waals surface area (Å²) in [6.07, 6.45) is 1.82. The summed E-state index contributed by atoms with van der Waals surface area (Å²) >= 11 is 0. The van der Waals surface area contributed by atoms with Crippen molar-refractivity contribution in [2.24, 2.45) is 0 Å². The normalized spacial score (nSPS) is 18.7. The molecule has 0 atom stereocenters. The third-order valence-corrected chi connectivity index (χ3v) is 6.61. The van der Waals surface area contributed by atoms with Crippen LogP contribution in [0, 0.1) is 5.82 Å². The van der Waals surface area contributed by atoms with Crippen LogP contribution in [0.3, 0.4) is 0 Å². The van der Waals surface area contributed by atoms with Gasteiger partial charge in [0.1, 0.15) is 15.7 Å². The molecule has 2 rings (SSSR count). The molecule has 0 unspecified atom stereocenters. The number of hydrogen-bond acceptors (Lipinski definition) is 5. The lowest BCUT2D eigenvalue weighted by atomic mass is 10.4. The summed E-state index contributed by atoms with van der Waals surface area (Å²) in [6, 6.07) is 4.78. The van der Waals surface area contributed by atoms with Gasteiger partial charge in [0.15, 0.2) is 0 Å². The Morgan fingerprint density at radius 3 is 2.26 bits per heavy atom. The van der Waals surface area contributed by atoms with Crippen LogP contribution in [-0.4, -0.2) is 70.8 Å². The largest absolute Gasteiger partial charge is 0.301 e. The van der Waals surface area contributed by atoms with Gasteiger partial charge in [-0.1, -0.05) is 0 Å². The Morgan fingerprint density at radius 2 is 1.65 bits per heavy atom. The molecule has 0 spiro atoms. The minimum atomic E-state index is -3.65. The summed E-state index contributed by atoms with van der Waals surface area (Å²) in [5, 5.41) is 0. The van der Waals surface area contributed by atoms with Crippen LogP contribution in [0.15, 0.2) is 29.2 Å². The van der Waals surface area contributed by atoms with E-state index in [1.807, 2.05) is 4.90 Å². The summed E-state index contributed by atoms with van der Waals surface area (Å²) in [5.74, 6) is -0.413. The lowest BCUT2D eigenvalue weighted by Crippen LogP contribution is -2.36. The topological polar surface area (TPSA) is 74.8 Å². The number of sulfonamides is 1. The molecule has 0 aromatic heterocycles. The van der Waals surface area contributed by atoms with Crippen molar-refractivity contribution in [2.75, 3.05) is 44.7 Å². The number of halogens is 1. The number of rotatable bonds is 5. The average molecular weight is 364 g/mol. The molecule has 0 saturated carbocycles. The summed E-state index contributed by atoms with van der Waals surface area (Å²) in [5.41, 5.74) is 0. The molecule has 1 aromatic rings. The van der Waals surface area contributed by atoms with Gasteiger partial charge in [-0.3, -0.25) is 0 Å². The number of benzene rings is 1. The van der Waals surface area contributed by atoms with E-state index >= 15 is 0 Å². The second kappa shape index (κ2) is 7.25. The first kappa shape index (κ1) is 18.3. The third kappa shape index (κ3) is 5.23. The second-order valence-electron chi connectivity index (χ2n) is 5.68. The van der Waals surface area contributed by atoms with Crippen LogP contribution in [0.2, 0.25) is 0 Å². The molecule has 0 aliphatic carbocycles. The second-order valence-corrected chi connectivity index (χ2v) is 9.88. The van der Waals surface area contributed by atoms with Gasteiger partial charge >= 0.3 is 0 Å². The van der Waals surface area contributed by atoms with E-state index in [9.17, 15) is 21.2 Å². The van der Waals surface area contributed by atoms with Crippen LogP contribution >= 0.6 is 0 Å². The predicted molar refractivity (Wildman–Crippen MR) is 85.9 cm³/mol. The molecule has 0 radical (unpaired) electrons. The molecule has 0 N–H and O–H groups in total. The Balaban J connectivity index is 2.03. The van der Waals surface area contributed by atoms with Crippen molar-refractivity contribution in [2.45, 2.75) is 11.3 Å². The SMILES string of the molecule is CS(=O)(=O)CCN1CCCN(S(=O)(=O)c2ccc(F)cc2)CC1. The fourth-order valence-electron chi connectivity index (χ4n) is 2.46. The van der Waals surface area contributed by atoms with Gasteiger partial charge < -0.3 is 4.90 Å². The van der Waals surface area contributed by atoms with E-state index in [2.05, 4.69) is 0 Å². The minimum Gasteiger partial charge on any atom is -0.301 e. The summed E-state index contributed by atoms with van der Waals surface area (Å²) in [4.78, 5) is 2.03. The number of nitrogens with zero attached hydrogens (tertiary/aromatic N) is 2. The van der Waals surface area contributed by atoms with E-state index in [-0.39, 0.29) is 10.6 Å². The molecule has 1 fully saturated rings. The first-order chi connectivity index (χ1) is 10.7. The lowest BCUT2D eigenvalue weighted by Gasteiger charge is -2.21. The monoisotopic (exact) mass is 364 g/mol. The van der Waals surface area contributed by atoms with Crippen LogP contribution < -0.4 is 0 Å². The van der Waals surface area contributed by atoms with Gasteiger partial charge in [-0.25, -0.2) is 21.2 Å². The average Bonchev–Trinajstić information content (AvgIpc) is 2.71. The van der Waals surface area contributed by atoms with Crippen LogP contribution in [-0.2, 0) is 19.9 Å². The lowest BCUT2D eigenvalue weighted by molar-refractivity contribution is 0.302. The zero-order chi connectivity index (χ0) is 17.1. The zero-order valence-electron chi connectivity index (χ0n) is 13.0. The molecule has 6 nitrogen and oxygen atoms in total. The Labute approximate surface area is 136 Å². The summed E-state index contributed by atoms with van der Waals surface area (Å²) in [7, 11) is -6.68. The highest BCUT2D eigenvalue weighted by Gasteiger charge is 2.27. The van der Waals surface area contributed by atoms with Gasteiger partial charge in [-0.2, -0.15) is 4.31 Å². The minimum absolute atomic E-state index is 0.0672. The van der Waals surface area contributed by atoms with E-state index in [0.717, 1.165) is 12.1 Å². The van der Waals surface area contributed by atoms with Gasteiger partial charge in [-0.15, -0.1) is 0 Å². The first-order valence-electron chi connectivity index (χ1n) is 7.34. The molecule has 9 heteroatoms. The maximum absolute atomic E-state index is 13.0. The van der Waals surface area contributed by atoms with Crippen molar-refractivity contribution in [1.29, 1.82) is 0 Å². The first-order valence-corrected chi connectivity index (χ1v) is 10.8. The van der Waals surface area contributed by atoms with Crippen LogP contribution in [0.5, 0.6) is 0 Å². The van der Waals surface area contributed by atoms with Gasteiger partial charge in [0.2, 0.25) is 10.0 Å². The van der Waals surface area contributed by atoms with E-state index in [1.54, 1.807) is 0 Å². The standard InChI is InChI=1S/C14H21FN2O4S2/c1-22(18,19)12-11-16-7-2-8-17(10-9-16)23(20,21)14-5-3-13(15)4-6-14/h3-6H,2,7-12H2,1H3. The quantitative estimate of drug-likeness (QED) is 0.763. The smallest absolute Gasteiger partial charge is 0.243 e. The van der Waals surface area contributed by atoms with Gasteiger partial charge in [0, 0.05) is 32.4 Å². The summed E-state index contributed by atoms with van der Waals surface area (Å²) in [6.45, 7) is 2.21. The van der Waals surface area contributed by atoms with E-state index in [1.165, 1.54) is 22.7 Å².